The molecule has 0 spiro atoms. The fraction of sp³-hybridized carbons (Fsp3) is 0.536. The lowest BCUT2D eigenvalue weighted by molar-refractivity contribution is -0.281. The molecule has 8 rings (SSSR count). The first-order chi connectivity index (χ1) is 20.9. The smallest absolute Gasteiger partial charge is 0.259 e. The largest absolute Gasteiger partial charge is 0.363 e. The van der Waals surface area contributed by atoms with Gasteiger partial charge in [-0.1, -0.05) is 41.0 Å². The highest BCUT2D eigenvalue weighted by Gasteiger charge is 2.70. The van der Waals surface area contributed by atoms with Crippen LogP contribution in [0.1, 0.15) is 42.9 Å². The maximum Gasteiger partial charge on any atom is 0.259 e. The van der Waals surface area contributed by atoms with E-state index in [2.05, 4.69) is 75.6 Å². The second-order valence-corrected chi connectivity index (χ2v) is 11.3. The molecule has 2 aromatic heterocycles. The molecule has 5 aliphatic heterocycles. The fourth-order valence-corrected chi connectivity index (χ4v) is 7.06. The number of hydroxylamine groups is 2. The first kappa shape index (κ1) is 26.4. The minimum atomic E-state index is -0.957. The highest BCUT2D eigenvalue weighted by atomic mass is 16.7. The number of nitrogens with one attached hydrogen (secondary N) is 2. The number of nitrogens with zero attached hydrogens (tertiary/aromatic N) is 10. The Kier molecular flexibility index (Phi) is 7.00. The number of piperidine rings is 1. The molecule has 2 N–H and O–H groups in total. The van der Waals surface area contributed by atoms with Gasteiger partial charge in [0.15, 0.2) is 5.82 Å². The van der Waals surface area contributed by atoms with Gasteiger partial charge in [-0.15, -0.1) is 10.2 Å². The molecule has 3 aromatic rings. The zero-order valence-electron chi connectivity index (χ0n) is 23.8. The number of aromatic nitrogens is 3. The van der Waals surface area contributed by atoms with Gasteiger partial charge < -0.3 is 15.2 Å². The van der Waals surface area contributed by atoms with E-state index in [1.54, 1.807) is 6.26 Å². The molecule has 222 valence electrons. The molecule has 7 heterocycles. The molecule has 4 fully saturated rings. The second kappa shape index (κ2) is 11.1. The number of hydrogen-bond donors (Lipinski definition) is 2. The molecule has 42 heavy (non-hydrogen) atoms. The van der Waals surface area contributed by atoms with Gasteiger partial charge in [-0.25, -0.2) is 25.0 Å². The molecule has 2 atom stereocenters. The molecular weight excluding hydrogens is 536 g/mol. The van der Waals surface area contributed by atoms with Gasteiger partial charge in [-0.2, -0.15) is 0 Å². The van der Waals surface area contributed by atoms with E-state index in [-0.39, 0.29) is 6.04 Å². The van der Waals surface area contributed by atoms with Crippen molar-refractivity contribution in [3.8, 4) is 0 Å². The van der Waals surface area contributed by atoms with Crippen LogP contribution in [0.5, 0.6) is 0 Å². The van der Waals surface area contributed by atoms with Crippen LogP contribution in [-0.2, 0) is 11.4 Å². The van der Waals surface area contributed by atoms with Crippen molar-refractivity contribution in [2.75, 3.05) is 62.5 Å². The Hall–Kier alpha value is -3.21. The molecule has 2 unspecified atom stereocenters. The predicted molar refractivity (Wildman–Crippen MR) is 153 cm³/mol. The van der Waals surface area contributed by atoms with E-state index in [1.165, 1.54) is 17.5 Å². The van der Waals surface area contributed by atoms with Crippen molar-refractivity contribution in [1.29, 1.82) is 0 Å². The van der Waals surface area contributed by atoms with Gasteiger partial charge in [0.25, 0.3) is 5.95 Å². The second-order valence-electron chi connectivity index (χ2n) is 11.3. The summed E-state index contributed by atoms with van der Waals surface area (Å²) in [6.07, 6.45) is 9.59. The van der Waals surface area contributed by atoms with Gasteiger partial charge in [0.05, 0.1) is 12.6 Å². The van der Waals surface area contributed by atoms with Gasteiger partial charge in [0.2, 0.25) is 5.79 Å². The minimum Gasteiger partial charge on any atom is -0.363 e. The molecule has 0 amide bonds. The van der Waals surface area contributed by atoms with Gasteiger partial charge >= 0.3 is 0 Å². The van der Waals surface area contributed by atoms with Crippen LogP contribution in [0.3, 0.4) is 0 Å². The quantitative estimate of drug-likeness (QED) is 0.444. The van der Waals surface area contributed by atoms with Gasteiger partial charge in [-0.05, 0) is 41.7 Å². The normalized spacial score (nSPS) is 28.6. The molecule has 1 aromatic carbocycles. The Bertz CT molecular complexity index is 1330. The fourth-order valence-electron chi connectivity index (χ4n) is 7.06. The number of piperazine rings is 1. The van der Waals surface area contributed by atoms with Crippen molar-refractivity contribution in [3.63, 3.8) is 0 Å². The van der Waals surface area contributed by atoms with Gasteiger partial charge in [0.1, 0.15) is 6.26 Å². The Morgan fingerprint density at radius 2 is 1.69 bits per heavy atom. The molecule has 4 saturated heterocycles. The zero-order valence-corrected chi connectivity index (χ0v) is 23.8. The first-order valence-corrected chi connectivity index (χ1v) is 15.2. The van der Waals surface area contributed by atoms with Crippen molar-refractivity contribution in [3.05, 3.63) is 66.2 Å². The van der Waals surface area contributed by atoms with E-state index in [4.69, 9.17) is 19.3 Å². The summed E-state index contributed by atoms with van der Waals surface area (Å²) < 4.78 is 5.56. The maximum absolute atomic E-state index is 6.64. The summed E-state index contributed by atoms with van der Waals surface area (Å²) in [5.41, 5.74) is 2.52. The number of rotatable bonds is 6. The Balaban J connectivity index is 1.43. The van der Waals surface area contributed by atoms with E-state index >= 15 is 0 Å². The van der Waals surface area contributed by atoms with Crippen LogP contribution in [0, 0.1) is 0 Å². The average molecular weight is 575 g/mol. The van der Waals surface area contributed by atoms with Crippen LogP contribution in [-0.4, -0.2) is 98.8 Å². The summed E-state index contributed by atoms with van der Waals surface area (Å²) in [4.78, 5) is 16.3. The van der Waals surface area contributed by atoms with Crippen molar-refractivity contribution < 1.29 is 9.36 Å². The maximum atomic E-state index is 6.64. The summed E-state index contributed by atoms with van der Waals surface area (Å²) in [7, 11) is 0. The lowest BCUT2D eigenvalue weighted by Crippen LogP contribution is -2.74. The van der Waals surface area contributed by atoms with E-state index < -0.39 is 5.79 Å². The standard InChI is InChI=1S/C28H38N12O2/c1-4-15-34(16-5-1)39-28(36-17-7-20-42-36,26-24-9-3-2-8-23(24)22-32-26)37(25-10-21-41-33-25)40(35-18-13-29-14-19-35)38(39)27-30-11-6-12-31-27/h2-3,6,8-12,21,26,29,32H,1,4-5,7,13-20,22H2. The third-order valence-electron chi connectivity index (χ3n) is 8.82. The number of benzene rings is 1. The number of fused-ring (bicyclic) bond motifs is 1. The third kappa shape index (κ3) is 4.13. The zero-order chi connectivity index (χ0) is 27.9. The third-order valence-corrected chi connectivity index (χ3v) is 8.82. The summed E-state index contributed by atoms with van der Waals surface area (Å²) >= 11 is 0. The SMILES string of the molecule is c1cnc(N2N(N3CCNCC3)N(c3ccon3)C(C3NCc4ccccc43)(N3CCCO3)N2N2CCCCC2)nc1. The van der Waals surface area contributed by atoms with Gasteiger partial charge in [0, 0.05) is 70.8 Å². The Morgan fingerprint density at radius 1 is 0.857 bits per heavy atom. The highest BCUT2D eigenvalue weighted by molar-refractivity contribution is 5.48. The molecule has 5 aliphatic rings. The molecule has 14 nitrogen and oxygen atoms in total. The lowest BCUT2D eigenvalue weighted by atomic mass is 9.97. The molecule has 14 heteroatoms. The highest BCUT2D eigenvalue weighted by Crippen LogP contribution is 2.52. The van der Waals surface area contributed by atoms with Crippen LogP contribution in [0.25, 0.3) is 0 Å². The predicted octanol–water partition coefficient (Wildman–Crippen LogP) is 1.50. The van der Waals surface area contributed by atoms with E-state index in [0.29, 0.717) is 18.4 Å². The number of hydrazine groups is 5. The van der Waals surface area contributed by atoms with Crippen LogP contribution in [0.2, 0.25) is 0 Å². The van der Waals surface area contributed by atoms with Crippen LogP contribution in [0.4, 0.5) is 11.8 Å². The summed E-state index contributed by atoms with van der Waals surface area (Å²) in [6.45, 7) is 7.23. The Morgan fingerprint density at radius 3 is 2.45 bits per heavy atom. The molecular formula is C28H38N12O2. The van der Waals surface area contributed by atoms with Crippen LogP contribution in [0.15, 0.2) is 59.6 Å². The van der Waals surface area contributed by atoms with Crippen molar-refractivity contribution in [2.45, 2.75) is 44.1 Å². The van der Waals surface area contributed by atoms with Crippen molar-refractivity contribution >= 4 is 11.8 Å². The van der Waals surface area contributed by atoms with E-state index in [0.717, 1.165) is 71.6 Å². The number of anilines is 2. The van der Waals surface area contributed by atoms with E-state index in [9.17, 15) is 0 Å². The minimum absolute atomic E-state index is 0.190. The molecule has 0 bridgehead atoms. The summed E-state index contributed by atoms with van der Waals surface area (Å²) in [5.74, 6) is 0.291. The van der Waals surface area contributed by atoms with Gasteiger partial charge in [-0.3, -0.25) is 4.84 Å². The topological polar surface area (TPSA) is 108 Å². The van der Waals surface area contributed by atoms with Crippen molar-refractivity contribution in [1.82, 2.24) is 51.2 Å². The molecule has 0 radical (unpaired) electrons. The molecule has 0 aliphatic carbocycles. The lowest BCUT2D eigenvalue weighted by Gasteiger charge is -2.52. The monoisotopic (exact) mass is 574 g/mol. The first-order valence-electron chi connectivity index (χ1n) is 15.2. The number of hydrogen-bond acceptors (Lipinski definition) is 14. The van der Waals surface area contributed by atoms with Crippen molar-refractivity contribution in [2.24, 2.45) is 0 Å². The van der Waals surface area contributed by atoms with E-state index in [1.807, 2.05) is 24.5 Å². The molecule has 0 saturated carbocycles. The summed E-state index contributed by atoms with van der Waals surface area (Å²) in [5, 5.41) is 27.9. The van der Waals surface area contributed by atoms with Crippen LogP contribution >= 0.6 is 0 Å². The average Bonchev–Trinajstić information content (AvgIpc) is 3.88. The summed E-state index contributed by atoms with van der Waals surface area (Å²) in [6, 6.07) is 12.3. The van der Waals surface area contributed by atoms with Crippen LogP contribution < -0.4 is 20.8 Å². The Labute approximate surface area is 245 Å².